The first kappa shape index (κ1) is 39.3. The van der Waals surface area contributed by atoms with Crippen LogP contribution in [0.2, 0.25) is 0 Å². The van der Waals surface area contributed by atoms with Gasteiger partial charge in [-0.15, -0.1) is 0 Å². The van der Waals surface area contributed by atoms with Crippen molar-refractivity contribution in [3.8, 4) is 78.8 Å². The van der Waals surface area contributed by atoms with Gasteiger partial charge in [-0.2, -0.15) is 0 Å². The number of hydrogen-bond acceptors (Lipinski definition) is 3. The highest BCUT2D eigenvalue weighted by molar-refractivity contribution is 5.91. The van der Waals surface area contributed by atoms with E-state index in [1.807, 2.05) is 6.07 Å². The van der Waals surface area contributed by atoms with E-state index < -0.39 is 10.8 Å². The highest BCUT2D eigenvalue weighted by atomic mass is 16.5. The lowest BCUT2D eigenvalue weighted by Gasteiger charge is -2.51. The van der Waals surface area contributed by atoms with Gasteiger partial charge in [-0.3, -0.25) is 0 Å². The quantitative estimate of drug-likeness (QED) is 0.173. The summed E-state index contributed by atoms with van der Waals surface area (Å²) in [5.41, 5.74) is 20.7. The molecule has 3 heteroatoms. The first-order valence-electron chi connectivity index (χ1n) is 23.7. The zero-order chi connectivity index (χ0) is 45.5. The van der Waals surface area contributed by atoms with E-state index >= 15 is 0 Å². The van der Waals surface area contributed by atoms with Gasteiger partial charge in [-0.05, 0) is 91.0 Å². The maximum atomic E-state index is 6.95. The molecule has 3 nitrogen and oxygen atoms in total. The van der Waals surface area contributed by atoms with Gasteiger partial charge in [0.1, 0.15) is 11.5 Å². The van der Waals surface area contributed by atoms with Crippen LogP contribution in [0.1, 0.15) is 44.5 Å². The summed E-state index contributed by atoms with van der Waals surface area (Å²) in [6, 6.07) is 92.1. The lowest BCUT2D eigenvalue weighted by atomic mass is 9.51. The molecular formula is C66H42N2O. The lowest BCUT2D eigenvalue weighted by Crippen LogP contribution is -2.45. The van der Waals surface area contributed by atoms with Crippen LogP contribution in [0.25, 0.3) is 67.3 Å². The van der Waals surface area contributed by atoms with E-state index in [9.17, 15) is 0 Å². The third kappa shape index (κ3) is 5.68. The molecule has 1 aromatic heterocycles. The van der Waals surface area contributed by atoms with Gasteiger partial charge in [0.05, 0.1) is 22.2 Å². The molecule has 11 aromatic rings. The number of nitrogens with zero attached hydrogens (tertiary/aromatic N) is 2. The Kier molecular flexibility index (Phi) is 8.71. The van der Waals surface area contributed by atoms with Crippen molar-refractivity contribution in [2.45, 2.75) is 10.8 Å². The maximum Gasteiger partial charge on any atom is 0.160 e. The summed E-state index contributed by atoms with van der Waals surface area (Å²) in [5.74, 6) is 2.41. The molecule has 3 aliphatic rings. The molecule has 14 rings (SSSR count). The first-order valence-corrected chi connectivity index (χ1v) is 23.7. The highest BCUT2D eigenvalue weighted by Crippen LogP contribution is 2.67. The summed E-state index contributed by atoms with van der Waals surface area (Å²) >= 11 is 0. The molecule has 2 heterocycles. The van der Waals surface area contributed by atoms with Crippen LogP contribution in [0.3, 0.4) is 0 Å². The Morgan fingerprint density at radius 2 is 0.667 bits per heavy atom. The summed E-state index contributed by atoms with van der Waals surface area (Å²) in [5, 5.41) is 0. The van der Waals surface area contributed by atoms with Crippen LogP contribution in [0.4, 0.5) is 0 Å². The van der Waals surface area contributed by atoms with E-state index in [2.05, 4.69) is 249 Å². The second kappa shape index (κ2) is 15.3. The summed E-state index contributed by atoms with van der Waals surface area (Å²) < 4.78 is 6.95. The van der Waals surface area contributed by atoms with Gasteiger partial charge in [0.2, 0.25) is 0 Å². The van der Waals surface area contributed by atoms with Gasteiger partial charge in [-0.1, -0.05) is 231 Å². The van der Waals surface area contributed by atoms with Crippen molar-refractivity contribution in [3.63, 3.8) is 0 Å². The summed E-state index contributed by atoms with van der Waals surface area (Å²) in [4.78, 5) is 10.5. The standard InChI is InChI=1S/C66H42N2O/c1-3-19-44(20-4-1)48-23-7-8-26-51(48)61-42-60(45-21-5-2-6-22-45)67-64(68-61)46-37-35-43(36-38-46)47-39-40-63-59(41-47)66(58-33-17-18-34-62(58)69-63)56-31-15-13-29-54(56)65(55-30-14-16-32-57(55)66)52-27-11-9-24-49(52)50-25-10-12-28-53(50)65/h1-42H. The second-order valence-corrected chi connectivity index (χ2v) is 18.3. The van der Waals surface area contributed by atoms with Crippen LogP contribution in [0.15, 0.2) is 255 Å². The van der Waals surface area contributed by atoms with E-state index in [1.165, 1.54) is 44.5 Å². The fourth-order valence-electron chi connectivity index (χ4n) is 12.0. The molecule has 0 fully saturated rings. The highest BCUT2D eigenvalue weighted by Gasteiger charge is 2.58. The maximum absolute atomic E-state index is 6.95. The number of para-hydroxylation sites is 1. The van der Waals surface area contributed by atoms with Crippen LogP contribution in [0, 0.1) is 0 Å². The van der Waals surface area contributed by atoms with E-state index in [-0.39, 0.29) is 0 Å². The number of ether oxygens (including phenoxy) is 1. The van der Waals surface area contributed by atoms with Crippen LogP contribution in [-0.2, 0) is 10.8 Å². The molecule has 0 saturated heterocycles. The Balaban J connectivity index is 0.942. The minimum Gasteiger partial charge on any atom is -0.457 e. The predicted molar refractivity (Wildman–Crippen MR) is 278 cm³/mol. The van der Waals surface area contributed by atoms with Crippen LogP contribution >= 0.6 is 0 Å². The van der Waals surface area contributed by atoms with Gasteiger partial charge in [0.15, 0.2) is 5.82 Å². The Bertz CT molecular complexity index is 3720. The smallest absolute Gasteiger partial charge is 0.160 e. The van der Waals surface area contributed by atoms with Crippen molar-refractivity contribution in [2.75, 3.05) is 0 Å². The van der Waals surface area contributed by atoms with Crippen LogP contribution < -0.4 is 4.74 Å². The van der Waals surface area contributed by atoms with Gasteiger partial charge in [0.25, 0.3) is 0 Å². The lowest BCUT2D eigenvalue weighted by molar-refractivity contribution is 0.429. The Hall–Kier alpha value is -8.92. The molecule has 0 bridgehead atoms. The number of fused-ring (bicyclic) bond motifs is 15. The van der Waals surface area contributed by atoms with Gasteiger partial charge in [-0.25, -0.2) is 9.97 Å². The molecule has 0 radical (unpaired) electrons. The zero-order valence-corrected chi connectivity index (χ0v) is 37.6. The van der Waals surface area contributed by atoms with Crippen molar-refractivity contribution in [2.24, 2.45) is 0 Å². The average molecular weight is 879 g/mol. The molecule has 1 aliphatic heterocycles. The molecule has 0 N–H and O–H groups in total. The minimum absolute atomic E-state index is 0.518. The summed E-state index contributed by atoms with van der Waals surface area (Å²) in [7, 11) is 0. The normalized spacial score (nSPS) is 13.9. The predicted octanol–water partition coefficient (Wildman–Crippen LogP) is 16.0. The van der Waals surface area contributed by atoms with Crippen molar-refractivity contribution in [1.82, 2.24) is 9.97 Å². The molecule has 0 amide bonds. The van der Waals surface area contributed by atoms with Crippen molar-refractivity contribution >= 4 is 0 Å². The van der Waals surface area contributed by atoms with Crippen molar-refractivity contribution in [1.29, 1.82) is 0 Å². The molecule has 0 unspecified atom stereocenters. The third-order valence-electron chi connectivity index (χ3n) is 14.9. The molecular weight excluding hydrogens is 837 g/mol. The molecule has 0 saturated carbocycles. The van der Waals surface area contributed by atoms with E-state index in [0.29, 0.717) is 5.82 Å². The number of hydrogen-bond donors (Lipinski definition) is 0. The number of aromatic nitrogens is 2. The molecule has 69 heavy (non-hydrogen) atoms. The van der Waals surface area contributed by atoms with E-state index in [0.717, 1.165) is 73.0 Å². The van der Waals surface area contributed by atoms with Gasteiger partial charge >= 0.3 is 0 Å². The van der Waals surface area contributed by atoms with Crippen LogP contribution in [0.5, 0.6) is 11.5 Å². The van der Waals surface area contributed by atoms with Crippen molar-refractivity contribution < 1.29 is 4.74 Å². The molecule has 10 aromatic carbocycles. The Morgan fingerprint density at radius 1 is 0.246 bits per heavy atom. The monoisotopic (exact) mass is 878 g/mol. The number of rotatable bonds is 5. The van der Waals surface area contributed by atoms with Crippen molar-refractivity contribution in [3.05, 3.63) is 299 Å². The average Bonchev–Trinajstić information content (AvgIpc) is 3.73. The second-order valence-electron chi connectivity index (χ2n) is 18.3. The Morgan fingerprint density at radius 3 is 1.28 bits per heavy atom. The largest absolute Gasteiger partial charge is 0.457 e. The fourth-order valence-corrected chi connectivity index (χ4v) is 12.0. The van der Waals surface area contributed by atoms with E-state index in [4.69, 9.17) is 14.7 Å². The van der Waals surface area contributed by atoms with Crippen LogP contribution in [-0.4, -0.2) is 9.97 Å². The Labute approximate surface area is 401 Å². The summed E-state index contributed by atoms with van der Waals surface area (Å²) in [6.07, 6.45) is 0. The third-order valence-corrected chi connectivity index (χ3v) is 14.9. The molecule has 322 valence electrons. The zero-order valence-electron chi connectivity index (χ0n) is 37.6. The molecule has 0 atom stereocenters. The van der Waals surface area contributed by atoms with Gasteiger partial charge in [0, 0.05) is 27.8 Å². The summed E-state index contributed by atoms with van der Waals surface area (Å²) in [6.45, 7) is 0. The van der Waals surface area contributed by atoms with E-state index in [1.54, 1.807) is 0 Å². The topological polar surface area (TPSA) is 35.0 Å². The molecule has 2 spiro atoms. The SMILES string of the molecule is c1ccc(-c2cc(-c3ccccc3-c3ccccc3)nc(-c3ccc(-c4ccc5c(c4)C4(c6ccccc6O5)c5ccccc5C5(c6ccccc6-c6ccccc65)c5ccccc54)cc3)n2)cc1. The fraction of sp³-hybridized carbons (Fsp3) is 0.0303. The minimum atomic E-state index is -0.691. The number of benzene rings is 10. The first-order chi connectivity index (χ1) is 34.2. The van der Waals surface area contributed by atoms with Gasteiger partial charge < -0.3 is 4.74 Å². The molecule has 2 aliphatic carbocycles.